The predicted octanol–water partition coefficient (Wildman–Crippen LogP) is 1.88. The summed E-state index contributed by atoms with van der Waals surface area (Å²) in [7, 11) is 0. The lowest BCUT2D eigenvalue weighted by Gasteiger charge is -2.24. The minimum absolute atomic E-state index is 0.258. The molecule has 0 spiro atoms. The first-order valence-electron chi connectivity index (χ1n) is 5.22. The molecule has 0 heterocycles. The van der Waals surface area contributed by atoms with Crippen molar-refractivity contribution in [2.45, 2.75) is 25.7 Å². The third-order valence-electron chi connectivity index (χ3n) is 3.10. The van der Waals surface area contributed by atoms with Crippen LogP contribution in [0.3, 0.4) is 0 Å². The zero-order chi connectivity index (χ0) is 9.97. The lowest BCUT2D eigenvalue weighted by Crippen LogP contribution is -2.15. The molecule has 0 radical (unpaired) electrons. The summed E-state index contributed by atoms with van der Waals surface area (Å²) in [5, 5.41) is 18.6. The second-order valence-electron chi connectivity index (χ2n) is 4.04. The number of aryl methyl sites for hydroxylation is 1. The monoisotopic (exact) mass is 192 g/mol. The molecule has 2 nitrogen and oxygen atoms in total. The molecule has 1 atom stereocenters. The third kappa shape index (κ3) is 1.75. The summed E-state index contributed by atoms with van der Waals surface area (Å²) in [5.41, 5.74) is 2.37. The Morgan fingerprint density at radius 1 is 1.36 bits per heavy atom. The van der Waals surface area contributed by atoms with Gasteiger partial charge in [0.05, 0.1) is 0 Å². The maximum absolute atomic E-state index is 9.68. The van der Waals surface area contributed by atoms with Crippen LogP contribution in [0.2, 0.25) is 0 Å². The van der Waals surface area contributed by atoms with E-state index in [2.05, 4.69) is 6.07 Å². The fourth-order valence-electron chi connectivity index (χ4n) is 2.27. The molecule has 1 aliphatic carbocycles. The molecular weight excluding hydrogens is 176 g/mol. The van der Waals surface area contributed by atoms with Crippen molar-refractivity contribution in [2.75, 3.05) is 6.61 Å². The lowest BCUT2D eigenvalue weighted by molar-refractivity contribution is 0.247. The number of fused-ring (bicyclic) bond motifs is 1. The first-order valence-corrected chi connectivity index (χ1v) is 5.22. The average molecular weight is 192 g/mol. The molecule has 76 valence electrons. The van der Waals surface area contributed by atoms with Gasteiger partial charge >= 0.3 is 0 Å². The van der Waals surface area contributed by atoms with Crippen LogP contribution in [0, 0.1) is 5.92 Å². The van der Waals surface area contributed by atoms with Gasteiger partial charge in [0.2, 0.25) is 0 Å². The second-order valence-corrected chi connectivity index (χ2v) is 4.04. The van der Waals surface area contributed by atoms with E-state index in [1.54, 1.807) is 6.07 Å². The van der Waals surface area contributed by atoms with E-state index < -0.39 is 0 Å². The maximum atomic E-state index is 9.68. The number of hydrogen-bond acceptors (Lipinski definition) is 2. The van der Waals surface area contributed by atoms with Gasteiger partial charge in [0.1, 0.15) is 5.75 Å². The molecule has 2 N–H and O–H groups in total. The number of aliphatic hydroxyl groups excluding tert-OH is 1. The number of benzene rings is 1. The Morgan fingerprint density at radius 2 is 2.21 bits per heavy atom. The summed E-state index contributed by atoms with van der Waals surface area (Å²) in [6, 6.07) is 5.74. The van der Waals surface area contributed by atoms with Crippen LogP contribution in [0.15, 0.2) is 18.2 Å². The number of phenolic OH excluding ortho intramolecular Hbond substituents is 1. The van der Waals surface area contributed by atoms with Crippen molar-refractivity contribution in [3.8, 4) is 5.75 Å². The minimum Gasteiger partial charge on any atom is -0.508 e. The molecule has 0 saturated carbocycles. The smallest absolute Gasteiger partial charge is 0.119 e. The highest BCUT2D eigenvalue weighted by atomic mass is 16.3. The van der Waals surface area contributed by atoms with E-state index >= 15 is 0 Å². The topological polar surface area (TPSA) is 40.5 Å². The van der Waals surface area contributed by atoms with Gasteiger partial charge in [-0.1, -0.05) is 12.1 Å². The van der Waals surface area contributed by atoms with Gasteiger partial charge in [-0.25, -0.2) is 0 Å². The number of aliphatic hydroxyl groups is 1. The van der Waals surface area contributed by atoms with Crippen LogP contribution in [0.4, 0.5) is 0 Å². The summed E-state index contributed by atoms with van der Waals surface area (Å²) in [6.07, 6.45) is 3.95. The first-order chi connectivity index (χ1) is 6.81. The Morgan fingerprint density at radius 3 is 3.00 bits per heavy atom. The van der Waals surface area contributed by atoms with Crippen molar-refractivity contribution in [2.24, 2.45) is 5.92 Å². The van der Waals surface area contributed by atoms with E-state index in [4.69, 9.17) is 5.11 Å². The largest absolute Gasteiger partial charge is 0.508 e. The van der Waals surface area contributed by atoms with Crippen LogP contribution in [-0.2, 0) is 12.8 Å². The molecule has 2 rings (SSSR count). The van der Waals surface area contributed by atoms with E-state index in [0.29, 0.717) is 11.7 Å². The Hall–Kier alpha value is -1.02. The fraction of sp³-hybridized carbons (Fsp3) is 0.500. The molecular formula is C12H16O2. The van der Waals surface area contributed by atoms with E-state index in [-0.39, 0.29) is 6.61 Å². The number of hydrogen-bond donors (Lipinski definition) is 2. The van der Waals surface area contributed by atoms with Crippen LogP contribution in [0.1, 0.15) is 24.0 Å². The van der Waals surface area contributed by atoms with Crippen molar-refractivity contribution < 1.29 is 10.2 Å². The van der Waals surface area contributed by atoms with Gasteiger partial charge in [0.25, 0.3) is 0 Å². The summed E-state index contributed by atoms with van der Waals surface area (Å²) >= 11 is 0. The predicted molar refractivity (Wildman–Crippen MR) is 55.3 cm³/mol. The van der Waals surface area contributed by atoms with Crippen molar-refractivity contribution in [1.82, 2.24) is 0 Å². The molecule has 2 heteroatoms. The number of rotatable bonds is 2. The average Bonchev–Trinajstić information content (AvgIpc) is 2.20. The van der Waals surface area contributed by atoms with Gasteiger partial charge in [-0.05, 0) is 48.8 Å². The summed E-state index contributed by atoms with van der Waals surface area (Å²) < 4.78 is 0. The zero-order valence-electron chi connectivity index (χ0n) is 8.24. The van der Waals surface area contributed by atoms with Crippen LogP contribution >= 0.6 is 0 Å². The molecule has 0 fully saturated rings. The van der Waals surface area contributed by atoms with Crippen molar-refractivity contribution in [3.63, 3.8) is 0 Å². The SMILES string of the molecule is OCCC1CCc2cccc(O)c2C1. The third-order valence-corrected chi connectivity index (χ3v) is 3.10. The highest BCUT2D eigenvalue weighted by Gasteiger charge is 2.20. The van der Waals surface area contributed by atoms with Crippen molar-refractivity contribution in [1.29, 1.82) is 0 Å². The van der Waals surface area contributed by atoms with Crippen LogP contribution in [-0.4, -0.2) is 16.8 Å². The van der Waals surface area contributed by atoms with E-state index in [0.717, 1.165) is 31.2 Å². The van der Waals surface area contributed by atoms with E-state index in [1.807, 2.05) is 6.07 Å². The zero-order valence-corrected chi connectivity index (χ0v) is 8.24. The fourth-order valence-corrected chi connectivity index (χ4v) is 2.27. The quantitative estimate of drug-likeness (QED) is 0.751. The van der Waals surface area contributed by atoms with Gasteiger partial charge in [-0.3, -0.25) is 0 Å². The lowest BCUT2D eigenvalue weighted by atomic mass is 9.82. The molecule has 14 heavy (non-hydrogen) atoms. The standard InChI is InChI=1S/C12H16O2/c13-7-6-9-4-5-10-2-1-3-12(14)11(10)8-9/h1-3,9,13-14H,4-8H2. The Balaban J connectivity index is 2.20. The summed E-state index contributed by atoms with van der Waals surface area (Å²) in [5.74, 6) is 0.964. The molecule has 0 amide bonds. The first kappa shape index (κ1) is 9.53. The van der Waals surface area contributed by atoms with E-state index in [1.165, 1.54) is 5.56 Å². The van der Waals surface area contributed by atoms with Gasteiger partial charge in [0.15, 0.2) is 0 Å². The molecule has 1 unspecified atom stereocenters. The summed E-state index contributed by atoms with van der Waals surface area (Å²) in [4.78, 5) is 0. The van der Waals surface area contributed by atoms with Crippen molar-refractivity contribution in [3.05, 3.63) is 29.3 Å². The Kier molecular flexibility index (Phi) is 2.73. The van der Waals surface area contributed by atoms with Crippen molar-refractivity contribution >= 4 is 0 Å². The second kappa shape index (κ2) is 4.01. The number of phenols is 1. The highest BCUT2D eigenvalue weighted by Crippen LogP contribution is 2.32. The van der Waals surface area contributed by atoms with Gasteiger partial charge in [0, 0.05) is 6.61 Å². The van der Waals surface area contributed by atoms with E-state index in [9.17, 15) is 5.11 Å². The Bertz CT molecular complexity index is 320. The van der Waals surface area contributed by atoms with Gasteiger partial charge in [-0.15, -0.1) is 0 Å². The minimum atomic E-state index is 0.258. The number of aromatic hydroxyl groups is 1. The van der Waals surface area contributed by atoms with Gasteiger partial charge in [-0.2, -0.15) is 0 Å². The highest BCUT2D eigenvalue weighted by molar-refractivity contribution is 5.40. The Labute approximate surface area is 84.2 Å². The van der Waals surface area contributed by atoms with Crippen LogP contribution in [0.25, 0.3) is 0 Å². The molecule has 0 aliphatic heterocycles. The molecule has 0 bridgehead atoms. The summed E-state index contributed by atoms with van der Waals surface area (Å²) in [6.45, 7) is 0.258. The van der Waals surface area contributed by atoms with Gasteiger partial charge < -0.3 is 10.2 Å². The van der Waals surface area contributed by atoms with Crippen LogP contribution < -0.4 is 0 Å². The molecule has 0 saturated heterocycles. The molecule has 0 aromatic heterocycles. The molecule has 1 aromatic rings. The molecule has 1 aromatic carbocycles. The molecule has 1 aliphatic rings. The maximum Gasteiger partial charge on any atom is 0.119 e. The normalized spacial score (nSPS) is 20.5. The van der Waals surface area contributed by atoms with Crippen LogP contribution in [0.5, 0.6) is 5.75 Å².